The fraction of sp³-hybridized carbons (Fsp3) is 0.200. The van der Waals surface area contributed by atoms with Crippen molar-refractivity contribution in [2.24, 2.45) is 0 Å². The molecule has 0 saturated heterocycles. The Labute approximate surface area is 257 Å². The average Bonchev–Trinajstić information content (AvgIpc) is 3.60. The van der Waals surface area contributed by atoms with Gasteiger partial charge in [0, 0.05) is 32.8 Å². The lowest BCUT2D eigenvalue weighted by molar-refractivity contribution is 0.590. The second-order valence-corrected chi connectivity index (χ2v) is 14.1. The third-order valence-electron chi connectivity index (χ3n) is 9.15. The molecule has 0 spiro atoms. The summed E-state index contributed by atoms with van der Waals surface area (Å²) in [7, 11) is 0. The summed E-state index contributed by atoms with van der Waals surface area (Å²) in [5.41, 5.74) is 9.43. The topological polar surface area (TPSA) is 35.1 Å². The van der Waals surface area contributed by atoms with Crippen LogP contribution in [0.15, 0.2) is 109 Å². The van der Waals surface area contributed by atoms with E-state index in [1.54, 1.807) is 0 Å². The first-order valence-electron chi connectivity index (χ1n) is 15.4. The van der Waals surface area contributed by atoms with Gasteiger partial charge in [-0.3, -0.25) is 4.40 Å². The van der Waals surface area contributed by atoms with Crippen LogP contribution < -0.4 is 0 Å². The van der Waals surface area contributed by atoms with Crippen molar-refractivity contribution < 1.29 is 0 Å². The van der Waals surface area contributed by atoms with Crippen LogP contribution in [0.25, 0.3) is 66.2 Å². The van der Waals surface area contributed by atoms with Crippen molar-refractivity contribution in [2.45, 2.75) is 52.4 Å². The third kappa shape index (κ3) is 3.97. The van der Waals surface area contributed by atoms with E-state index >= 15 is 0 Å². The van der Waals surface area contributed by atoms with Crippen molar-refractivity contribution >= 4 is 49.1 Å². The average molecular weight is 573 g/mol. The van der Waals surface area contributed by atoms with E-state index in [4.69, 9.17) is 10.2 Å². The first-order chi connectivity index (χ1) is 21.1. The van der Waals surface area contributed by atoms with Crippen LogP contribution in [0.1, 0.15) is 52.7 Å². The molecule has 4 heteroatoms. The van der Waals surface area contributed by atoms with E-state index < -0.39 is 0 Å². The minimum absolute atomic E-state index is 0.0718. The summed E-state index contributed by atoms with van der Waals surface area (Å²) in [6, 6.07) is 39.7. The van der Waals surface area contributed by atoms with Crippen LogP contribution in [-0.2, 0) is 10.8 Å². The molecule has 0 bridgehead atoms. The Kier molecular flexibility index (Phi) is 5.61. The van der Waals surface area contributed by atoms with Crippen LogP contribution in [0, 0.1) is 0 Å². The summed E-state index contributed by atoms with van der Waals surface area (Å²) < 4.78 is 4.60. The highest BCUT2D eigenvalue weighted by atomic mass is 15.2. The summed E-state index contributed by atoms with van der Waals surface area (Å²) in [6.07, 6.45) is 0. The molecule has 8 aromatic rings. The molecule has 0 radical (unpaired) electrons. The summed E-state index contributed by atoms with van der Waals surface area (Å²) >= 11 is 0. The number of rotatable bonds is 2. The maximum Gasteiger partial charge on any atom is 0.169 e. The van der Waals surface area contributed by atoms with Gasteiger partial charge in [0.25, 0.3) is 0 Å². The molecule has 3 heterocycles. The summed E-state index contributed by atoms with van der Waals surface area (Å²) in [4.78, 5) is 0. The number of hydrogen-bond acceptors (Lipinski definition) is 2. The maximum atomic E-state index is 4.73. The molecule has 0 fully saturated rings. The van der Waals surface area contributed by atoms with E-state index in [9.17, 15) is 0 Å². The summed E-state index contributed by atoms with van der Waals surface area (Å²) in [5.74, 6) is 0.848. The van der Waals surface area contributed by atoms with E-state index in [2.05, 4.69) is 160 Å². The van der Waals surface area contributed by atoms with Gasteiger partial charge < -0.3 is 4.57 Å². The summed E-state index contributed by atoms with van der Waals surface area (Å²) in [6.45, 7) is 13.7. The van der Waals surface area contributed by atoms with Gasteiger partial charge in [-0.25, -0.2) is 0 Å². The van der Waals surface area contributed by atoms with Gasteiger partial charge in [0.05, 0.1) is 16.6 Å². The van der Waals surface area contributed by atoms with E-state index in [0.29, 0.717) is 0 Å². The molecule has 0 saturated carbocycles. The Morgan fingerprint density at radius 3 is 1.61 bits per heavy atom. The number of nitrogens with zero attached hydrogens (tertiary/aromatic N) is 4. The quantitative estimate of drug-likeness (QED) is 0.193. The van der Waals surface area contributed by atoms with Gasteiger partial charge >= 0.3 is 0 Å². The molecular formula is C40H36N4. The Morgan fingerprint density at radius 2 is 1.02 bits per heavy atom. The van der Waals surface area contributed by atoms with Crippen molar-refractivity contribution in [1.29, 1.82) is 0 Å². The Morgan fingerprint density at radius 1 is 0.477 bits per heavy atom. The minimum atomic E-state index is 0.0718. The Balaban J connectivity index is 1.33. The van der Waals surface area contributed by atoms with Gasteiger partial charge in [-0.15, -0.1) is 10.2 Å². The molecule has 0 N–H and O–H groups in total. The number of hydrogen-bond donors (Lipinski definition) is 0. The first kappa shape index (κ1) is 26.7. The van der Waals surface area contributed by atoms with Crippen LogP contribution in [0.2, 0.25) is 0 Å². The molecule has 4 nitrogen and oxygen atoms in total. The minimum Gasteiger partial charge on any atom is -0.309 e. The second kappa shape index (κ2) is 9.27. The standard InChI is InChI=1S/C40H36N4/c1-39(2,3)26-17-21-35-32(23-26)33-24-27(40(4,5)6)18-22-36(33)43(35)28-19-15-25(16-20-28)37-41-42-38-31-13-8-7-11-29(31)30-12-9-10-14-34(30)44(37)38/h7-24H,1-6H3. The molecule has 44 heavy (non-hydrogen) atoms. The largest absolute Gasteiger partial charge is 0.309 e. The van der Waals surface area contributed by atoms with Crippen LogP contribution >= 0.6 is 0 Å². The van der Waals surface area contributed by atoms with Crippen molar-refractivity contribution in [3.8, 4) is 17.1 Å². The second-order valence-electron chi connectivity index (χ2n) is 14.1. The van der Waals surface area contributed by atoms with Gasteiger partial charge in [0.2, 0.25) is 0 Å². The number of pyridine rings is 1. The Hall–Kier alpha value is -4.96. The fourth-order valence-corrected chi connectivity index (χ4v) is 6.68. The third-order valence-corrected chi connectivity index (χ3v) is 9.15. The zero-order valence-corrected chi connectivity index (χ0v) is 26.2. The normalized spacial score (nSPS) is 12.8. The van der Waals surface area contributed by atoms with Gasteiger partial charge in [-0.2, -0.15) is 0 Å². The fourth-order valence-electron chi connectivity index (χ4n) is 6.68. The zero-order valence-electron chi connectivity index (χ0n) is 26.2. The van der Waals surface area contributed by atoms with Crippen LogP contribution in [0.5, 0.6) is 0 Å². The van der Waals surface area contributed by atoms with Crippen molar-refractivity contribution in [3.05, 3.63) is 120 Å². The molecule has 0 aliphatic carbocycles. The van der Waals surface area contributed by atoms with Gasteiger partial charge in [-0.05, 0) is 81.9 Å². The van der Waals surface area contributed by atoms with E-state index in [-0.39, 0.29) is 10.8 Å². The smallest absolute Gasteiger partial charge is 0.169 e. The molecule has 0 aliphatic heterocycles. The molecule has 0 aliphatic rings. The lowest BCUT2D eigenvalue weighted by Gasteiger charge is -2.19. The van der Waals surface area contributed by atoms with E-state index in [0.717, 1.165) is 33.6 Å². The number of fused-ring (bicyclic) bond motifs is 9. The van der Waals surface area contributed by atoms with Crippen LogP contribution in [-0.4, -0.2) is 19.2 Å². The van der Waals surface area contributed by atoms with E-state index in [1.807, 2.05) is 0 Å². The maximum absolute atomic E-state index is 4.73. The lowest BCUT2D eigenvalue weighted by atomic mass is 9.85. The SMILES string of the molecule is CC(C)(C)c1ccc2c(c1)c1cc(C(C)(C)C)ccc1n2-c1ccc(-c2nnc3c4ccccc4c4ccccc4n23)cc1. The lowest BCUT2D eigenvalue weighted by Crippen LogP contribution is -2.10. The summed E-state index contributed by atoms with van der Waals surface area (Å²) in [5, 5.41) is 15.5. The molecule has 5 aromatic carbocycles. The molecular weight excluding hydrogens is 536 g/mol. The number of para-hydroxylation sites is 1. The predicted octanol–water partition coefficient (Wildman–Crippen LogP) is 10.4. The first-order valence-corrected chi connectivity index (χ1v) is 15.4. The monoisotopic (exact) mass is 572 g/mol. The molecule has 0 atom stereocenters. The molecule has 0 unspecified atom stereocenters. The van der Waals surface area contributed by atoms with Gasteiger partial charge in [-0.1, -0.05) is 96.1 Å². The van der Waals surface area contributed by atoms with Crippen LogP contribution in [0.4, 0.5) is 0 Å². The van der Waals surface area contributed by atoms with Crippen molar-refractivity contribution in [1.82, 2.24) is 19.2 Å². The molecule has 0 amide bonds. The van der Waals surface area contributed by atoms with Crippen molar-refractivity contribution in [2.75, 3.05) is 0 Å². The highest BCUT2D eigenvalue weighted by Gasteiger charge is 2.21. The number of benzene rings is 5. The molecule has 8 rings (SSSR count). The van der Waals surface area contributed by atoms with Crippen molar-refractivity contribution in [3.63, 3.8) is 0 Å². The Bertz CT molecular complexity index is 2320. The molecule has 3 aromatic heterocycles. The van der Waals surface area contributed by atoms with Gasteiger partial charge in [0.1, 0.15) is 0 Å². The van der Waals surface area contributed by atoms with Crippen LogP contribution in [0.3, 0.4) is 0 Å². The zero-order chi connectivity index (χ0) is 30.4. The predicted molar refractivity (Wildman–Crippen MR) is 185 cm³/mol. The van der Waals surface area contributed by atoms with E-state index in [1.165, 1.54) is 43.7 Å². The van der Waals surface area contributed by atoms with Gasteiger partial charge in [0.15, 0.2) is 11.5 Å². The number of aromatic nitrogens is 4. The highest BCUT2D eigenvalue weighted by molar-refractivity contribution is 6.12. The molecule has 216 valence electrons. The highest BCUT2D eigenvalue weighted by Crippen LogP contribution is 2.38.